The second-order valence-corrected chi connectivity index (χ2v) is 3.98. The number of carbonyl (C=O) groups is 1. The van der Waals surface area contributed by atoms with Crippen LogP contribution in [-0.2, 0) is 11.2 Å². The van der Waals surface area contributed by atoms with Crippen LogP contribution in [0.2, 0.25) is 0 Å². The summed E-state index contributed by atoms with van der Waals surface area (Å²) in [4.78, 5) is 11.2. The molecule has 1 unspecified atom stereocenters. The monoisotopic (exact) mass is 204 g/mol. The number of anilines is 1. The summed E-state index contributed by atoms with van der Waals surface area (Å²) in [5, 5.41) is 2.86. The summed E-state index contributed by atoms with van der Waals surface area (Å²) in [6.07, 6.45) is 2.34. The largest absolute Gasteiger partial charge is 0.326 e. The van der Waals surface area contributed by atoms with Crippen molar-refractivity contribution in [1.29, 1.82) is 0 Å². The normalized spacial score (nSPS) is 16.8. The Balaban J connectivity index is 2.30. The first-order valence-electron chi connectivity index (χ1n) is 5.39. The second-order valence-electron chi connectivity index (χ2n) is 3.98. The highest BCUT2D eigenvalue weighted by molar-refractivity contribution is 5.93. The van der Waals surface area contributed by atoms with Gasteiger partial charge in [-0.3, -0.25) is 4.79 Å². The third kappa shape index (κ3) is 2.02. The molecule has 15 heavy (non-hydrogen) atoms. The second kappa shape index (κ2) is 4.03. The van der Waals surface area contributed by atoms with Crippen molar-refractivity contribution in [1.82, 2.24) is 0 Å². The first-order chi connectivity index (χ1) is 7.20. The number of amides is 1. The summed E-state index contributed by atoms with van der Waals surface area (Å²) in [7, 11) is 0. The SMILES string of the molecule is CCC(N)c1ccc2c(c1)CCC(=O)N2. The zero-order chi connectivity index (χ0) is 10.8. The van der Waals surface area contributed by atoms with Gasteiger partial charge in [-0.2, -0.15) is 0 Å². The molecule has 0 radical (unpaired) electrons. The summed E-state index contributed by atoms with van der Waals surface area (Å²) < 4.78 is 0. The molecule has 0 fully saturated rings. The lowest BCUT2D eigenvalue weighted by Crippen LogP contribution is -2.19. The van der Waals surface area contributed by atoms with Gasteiger partial charge >= 0.3 is 0 Å². The average molecular weight is 204 g/mol. The van der Waals surface area contributed by atoms with Gasteiger partial charge in [-0.25, -0.2) is 0 Å². The summed E-state index contributed by atoms with van der Waals surface area (Å²) in [5.74, 6) is 0.107. The molecule has 1 amide bonds. The number of benzene rings is 1. The first-order valence-corrected chi connectivity index (χ1v) is 5.39. The van der Waals surface area contributed by atoms with E-state index in [0.29, 0.717) is 6.42 Å². The Hall–Kier alpha value is -1.35. The third-order valence-electron chi connectivity index (χ3n) is 2.89. The number of hydrogen-bond donors (Lipinski definition) is 2. The van der Waals surface area contributed by atoms with Crippen molar-refractivity contribution in [3.05, 3.63) is 29.3 Å². The predicted molar refractivity (Wildman–Crippen MR) is 60.6 cm³/mol. The lowest BCUT2D eigenvalue weighted by Gasteiger charge is -2.19. The van der Waals surface area contributed by atoms with Crippen molar-refractivity contribution >= 4 is 11.6 Å². The van der Waals surface area contributed by atoms with Crippen molar-refractivity contribution in [2.45, 2.75) is 32.2 Å². The van der Waals surface area contributed by atoms with Gasteiger partial charge in [0.2, 0.25) is 5.91 Å². The molecule has 0 saturated heterocycles. The number of hydrogen-bond acceptors (Lipinski definition) is 2. The molecule has 0 aromatic heterocycles. The third-order valence-corrected chi connectivity index (χ3v) is 2.89. The predicted octanol–water partition coefficient (Wildman–Crippen LogP) is 1.98. The molecule has 80 valence electrons. The number of aryl methyl sites for hydroxylation is 1. The number of fused-ring (bicyclic) bond motifs is 1. The van der Waals surface area contributed by atoms with Crippen molar-refractivity contribution in [2.24, 2.45) is 5.73 Å². The maximum atomic E-state index is 11.2. The Labute approximate surface area is 89.7 Å². The molecule has 0 spiro atoms. The van der Waals surface area contributed by atoms with Crippen LogP contribution in [0.25, 0.3) is 0 Å². The molecular weight excluding hydrogens is 188 g/mol. The van der Waals surface area contributed by atoms with Gasteiger partial charge in [0.15, 0.2) is 0 Å². The van der Waals surface area contributed by atoms with Gasteiger partial charge in [-0.1, -0.05) is 19.1 Å². The molecule has 3 nitrogen and oxygen atoms in total. The first kappa shape index (κ1) is 10.2. The topological polar surface area (TPSA) is 55.1 Å². The van der Waals surface area contributed by atoms with E-state index >= 15 is 0 Å². The lowest BCUT2D eigenvalue weighted by atomic mass is 9.97. The van der Waals surface area contributed by atoms with Crippen LogP contribution in [0.5, 0.6) is 0 Å². The smallest absolute Gasteiger partial charge is 0.224 e. The zero-order valence-corrected chi connectivity index (χ0v) is 8.92. The summed E-state index contributed by atoms with van der Waals surface area (Å²) >= 11 is 0. The lowest BCUT2D eigenvalue weighted by molar-refractivity contribution is -0.116. The molecule has 1 heterocycles. The van der Waals surface area contributed by atoms with E-state index in [1.54, 1.807) is 0 Å². The molecule has 0 bridgehead atoms. The number of nitrogens with one attached hydrogen (secondary N) is 1. The van der Waals surface area contributed by atoms with E-state index in [-0.39, 0.29) is 11.9 Å². The Morgan fingerprint density at radius 2 is 2.27 bits per heavy atom. The molecule has 3 heteroatoms. The fourth-order valence-electron chi connectivity index (χ4n) is 1.87. The van der Waals surface area contributed by atoms with Crippen LogP contribution in [0, 0.1) is 0 Å². The van der Waals surface area contributed by atoms with Crippen LogP contribution in [0.15, 0.2) is 18.2 Å². The van der Waals surface area contributed by atoms with Crippen molar-refractivity contribution in [3.8, 4) is 0 Å². The quantitative estimate of drug-likeness (QED) is 0.774. The van der Waals surface area contributed by atoms with Crippen molar-refractivity contribution in [3.63, 3.8) is 0 Å². The summed E-state index contributed by atoms with van der Waals surface area (Å²) in [6.45, 7) is 2.08. The molecule has 2 rings (SSSR count). The summed E-state index contributed by atoms with van der Waals surface area (Å²) in [5.41, 5.74) is 9.27. The van der Waals surface area contributed by atoms with Crippen LogP contribution in [0.4, 0.5) is 5.69 Å². The van der Waals surface area contributed by atoms with E-state index in [9.17, 15) is 4.79 Å². The average Bonchev–Trinajstić information content (AvgIpc) is 2.27. The molecular formula is C12H16N2O. The minimum Gasteiger partial charge on any atom is -0.326 e. The Morgan fingerprint density at radius 3 is 3.00 bits per heavy atom. The van der Waals surface area contributed by atoms with Gasteiger partial charge in [0, 0.05) is 18.2 Å². The van der Waals surface area contributed by atoms with Gasteiger partial charge in [0.1, 0.15) is 0 Å². The van der Waals surface area contributed by atoms with Crippen LogP contribution < -0.4 is 11.1 Å². The van der Waals surface area contributed by atoms with Gasteiger partial charge in [0.25, 0.3) is 0 Å². The Bertz CT molecular complexity index is 387. The van der Waals surface area contributed by atoms with E-state index in [0.717, 1.165) is 24.1 Å². The van der Waals surface area contributed by atoms with Gasteiger partial charge < -0.3 is 11.1 Å². The van der Waals surface area contributed by atoms with E-state index in [2.05, 4.69) is 18.3 Å². The van der Waals surface area contributed by atoms with Crippen LogP contribution in [0.3, 0.4) is 0 Å². The highest BCUT2D eigenvalue weighted by atomic mass is 16.1. The van der Waals surface area contributed by atoms with E-state index in [1.807, 2.05) is 12.1 Å². The van der Waals surface area contributed by atoms with Crippen LogP contribution in [-0.4, -0.2) is 5.91 Å². The van der Waals surface area contributed by atoms with Gasteiger partial charge in [-0.05, 0) is 30.0 Å². The molecule has 1 aromatic rings. The number of carbonyl (C=O) groups excluding carboxylic acids is 1. The Morgan fingerprint density at radius 1 is 1.47 bits per heavy atom. The molecule has 1 aromatic carbocycles. The molecule has 0 saturated carbocycles. The number of rotatable bonds is 2. The van der Waals surface area contributed by atoms with Crippen LogP contribution >= 0.6 is 0 Å². The number of nitrogens with two attached hydrogens (primary N) is 1. The minimum absolute atomic E-state index is 0.105. The van der Waals surface area contributed by atoms with Gasteiger partial charge in [-0.15, -0.1) is 0 Å². The van der Waals surface area contributed by atoms with Crippen molar-refractivity contribution < 1.29 is 4.79 Å². The fourth-order valence-corrected chi connectivity index (χ4v) is 1.87. The van der Waals surface area contributed by atoms with E-state index in [1.165, 1.54) is 5.56 Å². The highest BCUT2D eigenvalue weighted by Gasteiger charge is 2.15. The Kier molecular flexibility index (Phi) is 2.73. The molecule has 1 aliphatic rings. The summed E-state index contributed by atoms with van der Waals surface area (Å²) in [6, 6.07) is 6.17. The highest BCUT2D eigenvalue weighted by Crippen LogP contribution is 2.26. The van der Waals surface area contributed by atoms with Crippen molar-refractivity contribution in [2.75, 3.05) is 5.32 Å². The zero-order valence-electron chi connectivity index (χ0n) is 8.92. The molecule has 3 N–H and O–H groups in total. The van der Waals surface area contributed by atoms with E-state index < -0.39 is 0 Å². The minimum atomic E-state index is 0.105. The fraction of sp³-hybridized carbons (Fsp3) is 0.417. The molecule has 1 atom stereocenters. The van der Waals surface area contributed by atoms with E-state index in [4.69, 9.17) is 5.73 Å². The molecule has 0 aliphatic carbocycles. The molecule has 1 aliphatic heterocycles. The maximum Gasteiger partial charge on any atom is 0.224 e. The van der Waals surface area contributed by atoms with Crippen LogP contribution in [0.1, 0.15) is 36.9 Å². The standard InChI is InChI=1S/C12H16N2O/c1-2-10(13)8-3-5-11-9(7-8)4-6-12(15)14-11/h3,5,7,10H,2,4,6,13H2,1H3,(H,14,15). The van der Waals surface area contributed by atoms with Gasteiger partial charge in [0.05, 0.1) is 0 Å². The maximum absolute atomic E-state index is 11.2.